The SMILES string of the molecule is CCc1c[nH]nc1NC(=O)C(=O)OC. The Bertz CT molecular complexity index is 345. The number of esters is 1. The van der Waals surface area contributed by atoms with Crippen LogP contribution in [0.15, 0.2) is 6.20 Å². The van der Waals surface area contributed by atoms with Crippen LogP contribution in [0.1, 0.15) is 12.5 Å². The first kappa shape index (κ1) is 10.2. The Labute approximate surface area is 80.6 Å². The van der Waals surface area contributed by atoms with Crippen LogP contribution in [-0.4, -0.2) is 29.2 Å². The summed E-state index contributed by atoms with van der Waals surface area (Å²) in [6.07, 6.45) is 2.38. The van der Waals surface area contributed by atoms with Crippen LogP contribution in [0.2, 0.25) is 0 Å². The van der Waals surface area contributed by atoms with Crippen LogP contribution in [0.4, 0.5) is 5.82 Å². The highest BCUT2D eigenvalue weighted by atomic mass is 16.5. The molecule has 1 heterocycles. The van der Waals surface area contributed by atoms with E-state index < -0.39 is 11.9 Å². The Morgan fingerprint density at radius 2 is 2.36 bits per heavy atom. The van der Waals surface area contributed by atoms with Crippen molar-refractivity contribution >= 4 is 17.7 Å². The number of carbonyl (C=O) groups excluding carboxylic acids is 2. The molecule has 0 radical (unpaired) electrons. The minimum atomic E-state index is -0.935. The minimum absolute atomic E-state index is 0.364. The van der Waals surface area contributed by atoms with Crippen LogP contribution in [0.25, 0.3) is 0 Å². The maximum absolute atomic E-state index is 11.1. The van der Waals surface area contributed by atoms with Crippen molar-refractivity contribution in [3.63, 3.8) is 0 Å². The van der Waals surface area contributed by atoms with Gasteiger partial charge in [-0.1, -0.05) is 6.92 Å². The van der Waals surface area contributed by atoms with E-state index in [1.54, 1.807) is 6.20 Å². The van der Waals surface area contributed by atoms with Gasteiger partial charge in [-0.3, -0.25) is 15.2 Å². The molecule has 0 bridgehead atoms. The van der Waals surface area contributed by atoms with E-state index in [0.29, 0.717) is 12.2 Å². The lowest BCUT2D eigenvalue weighted by Crippen LogP contribution is -2.24. The van der Waals surface area contributed by atoms with Gasteiger partial charge in [0, 0.05) is 11.8 Å². The Morgan fingerprint density at radius 1 is 1.64 bits per heavy atom. The monoisotopic (exact) mass is 197 g/mol. The summed E-state index contributed by atoms with van der Waals surface area (Å²) in [6.45, 7) is 1.92. The van der Waals surface area contributed by atoms with E-state index in [1.807, 2.05) is 6.92 Å². The highest BCUT2D eigenvalue weighted by Gasteiger charge is 2.16. The molecule has 0 saturated heterocycles. The van der Waals surface area contributed by atoms with Crippen molar-refractivity contribution in [2.45, 2.75) is 13.3 Å². The first-order chi connectivity index (χ1) is 6.69. The lowest BCUT2D eigenvalue weighted by Gasteiger charge is -2.01. The van der Waals surface area contributed by atoms with Crippen molar-refractivity contribution < 1.29 is 14.3 Å². The lowest BCUT2D eigenvalue weighted by atomic mass is 10.2. The Morgan fingerprint density at radius 3 is 2.93 bits per heavy atom. The molecule has 0 aliphatic carbocycles. The van der Waals surface area contributed by atoms with Gasteiger partial charge in [-0.25, -0.2) is 4.79 Å². The first-order valence-electron chi connectivity index (χ1n) is 4.11. The molecule has 6 heteroatoms. The maximum atomic E-state index is 11.1. The topological polar surface area (TPSA) is 84.1 Å². The van der Waals surface area contributed by atoms with E-state index in [2.05, 4.69) is 20.3 Å². The van der Waals surface area contributed by atoms with Crippen LogP contribution >= 0.6 is 0 Å². The van der Waals surface area contributed by atoms with E-state index in [0.717, 1.165) is 12.7 Å². The first-order valence-corrected chi connectivity index (χ1v) is 4.11. The summed E-state index contributed by atoms with van der Waals surface area (Å²) in [4.78, 5) is 21.8. The highest BCUT2D eigenvalue weighted by molar-refractivity contribution is 6.37. The maximum Gasteiger partial charge on any atom is 0.396 e. The van der Waals surface area contributed by atoms with Crippen molar-refractivity contribution in [3.05, 3.63) is 11.8 Å². The molecule has 1 aromatic rings. The summed E-state index contributed by atoms with van der Waals surface area (Å²) in [5.41, 5.74) is 0.835. The molecule has 0 fully saturated rings. The molecule has 1 rings (SSSR count). The normalized spacial score (nSPS) is 9.57. The molecule has 6 nitrogen and oxygen atoms in total. The molecule has 0 atom stereocenters. The number of nitrogens with zero attached hydrogens (tertiary/aromatic N) is 1. The van der Waals surface area contributed by atoms with Gasteiger partial charge < -0.3 is 4.74 Å². The number of ether oxygens (including phenoxy) is 1. The largest absolute Gasteiger partial charge is 0.462 e. The average molecular weight is 197 g/mol. The van der Waals surface area contributed by atoms with Gasteiger partial charge in [-0.15, -0.1) is 0 Å². The molecule has 0 aliphatic rings. The Kier molecular flexibility index (Phi) is 3.22. The number of aryl methyl sites for hydroxylation is 1. The summed E-state index contributed by atoms with van der Waals surface area (Å²) in [5, 5.41) is 8.71. The number of nitrogens with one attached hydrogen (secondary N) is 2. The number of aromatic nitrogens is 2. The molecule has 1 aromatic heterocycles. The van der Waals surface area contributed by atoms with Crippen molar-refractivity contribution in [2.75, 3.05) is 12.4 Å². The average Bonchev–Trinajstić information content (AvgIpc) is 2.63. The van der Waals surface area contributed by atoms with E-state index >= 15 is 0 Å². The molecule has 0 aromatic carbocycles. The Hall–Kier alpha value is -1.85. The number of carbonyl (C=O) groups is 2. The van der Waals surface area contributed by atoms with Gasteiger partial charge in [0.25, 0.3) is 0 Å². The molecule has 1 amide bonds. The summed E-state index contributed by atoms with van der Waals surface area (Å²) in [7, 11) is 1.15. The van der Waals surface area contributed by atoms with Crippen LogP contribution in [-0.2, 0) is 20.7 Å². The van der Waals surface area contributed by atoms with Crippen LogP contribution < -0.4 is 5.32 Å². The van der Waals surface area contributed by atoms with Gasteiger partial charge in [-0.2, -0.15) is 5.10 Å². The second kappa shape index (κ2) is 4.40. The van der Waals surface area contributed by atoms with Crippen LogP contribution in [0.3, 0.4) is 0 Å². The predicted molar refractivity (Wildman–Crippen MR) is 48.6 cm³/mol. The Balaban J connectivity index is 2.69. The van der Waals surface area contributed by atoms with E-state index in [9.17, 15) is 9.59 Å². The fourth-order valence-electron chi connectivity index (χ4n) is 0.944. The van der Waals surface area contributed by atoms with E-state index in [1.165, 1.54) is 0 Å². The second-order valence-electron chi connectivity index (χ2n) is 2.56. The van der Waals surface area contributed by atoms with Crippen molar-refractivity contribution in [1.82, 2.24) is 10.2 Å². The molecule has 76 valence electrons. The minimum Gasteiger partial charge on any atom is -0.462 e. The quantitative estimate of drug-likeness (QED) is 0.519. The van der Waals surface area contributed by atoms with Crippen LogP contribution in [0, 0.1) is 0 Å². The zero-order chi connectivity index (χ0) is 10.6. The number of hydrogen-bond donors (Lipinski definition) is 2. The molecule has 0 unspecified atom stereocenters. The number of rotatable bonds is 2. The van der Waals surface area contributed by atoms with Gasteiger partial charge in [-0.05, 0) is 6.42 Å². The molecule has 0 saturated carbocycles. The number of hydrogen-bond acceptors (Lipinski definition) is 4. The van der Waals surface area contributed by atoms with Gasteiger partial charge >= 0.3 is 11.9 Å². The molecular formula is C8H11N3O3. The fourth-order valence-corrected chi connectivity index (χ4v) is 0.944. The highest BCUT2D eigenvalue weighted by Crippen LogP contribution is 2.10. The summed E-state index contributed by atoms with van der Waals surface area (Å²) in [6, 6.07) is 0. The molecule has 2 N–H and O–H groups in total. The third-order valence-corrected chi connectivity index (χ3v) is 1.70. The van der Waals surface area contributed by atoms with Gasteiger partial charge in [0.15, 0.2) is 5.82 Å². The molecule has 0 aliphatic heterocycles. The van der Waals surface area contributed by atoms with E-state index in [-0.39, 0.29) is 0 Å². The van der Waals surface area contributed by atoms with E-state index in [4.69, 9.17) is 0 Å². The van der Waals surface area contributed by atoms with Gasteiger partial charge in [0.2, 0.25) is 0 Å². The number of anilines is 1. The smallest absolute Gasteiger partial charge is 0.396 e. The summed E-state index contributed by atoms with van der Waals surface area (Å²) < 4.78 is 4.25. The second-order valence-corrected chi connectivity index (χ2v) is 2.56. The standard InChI is InChI=1S/C8H11N3O3/c1-3-5-4-9-11-6(5)10-7(12)8(13)14-2/h4H,3H2,1-2H3,(H2,9,10,11,12). The number of methoxy groups -OCH3 is 1. The summed E-state index contributed by atoms with van der Waals surface area (Å²) in [5.74, 6) is -1.40. The van der Waals surface area contributed by atoms with Gasteiger partial charge in [0.05, 0.1) is 7.11 Å². The third kappa shape index (κ3) is 2.09. The van der Waals surface area contributed by atoms with Crippen molar-refractivity contribution in [1.29, 1.82) is 0 Å². The zero-order valence-corrected chi connectivity index (χ0v) is 7.96. The lowest BCUT2D eigenvalue weighted by molar-refractivity contribution is -0.150. The number of amides is 1. The van der Waals surface area contributed by atoms with Crippen LogP contribution in [0.5, 0.6) is 0 Å². The zero-order valence-electron chi connectivity index (χ0n) is 7.96. The van der Waals surface area contributed by atoms with Crippen molar-refractivity contribution in [3.8, 4) is 0 Å². The number of H-pyrrole nitrogens is 1. The summed E-state index contributed by atoms with van der Waals surface area (Å²) >= 11 is 0. The van der Waals surface area contributed by atoms with Gasteiger partial charge in [0.1, 0.15) is 0 Å². The fraction of sp³-hybridized carbons (Fsp3) is 0.375. The predicted octanol–water partition coefficient (Wildman–Crippen LogP) is 0.0836. The third-order valence-electron chi connectivity index (χ3n) is 1.70. The molecular weight excluding hydrogens is 186 g/mol. The molecule has 14 heavy (non-hydrogen) atoms. The number of aromatic amines is 1. The van der Waals surface area contributed by atoms with Crippen molar-refractivity contribution in [2.24, 2.45) is 0 Å². The molecule has 0 spiro atoms.